The van der Waals surface area contributed by atoms with Gasteiger partial charge in [0.25, 0.3) is 0 Å². The van der Waals surface area contributed by atoms with Crippen molar-refractivity contribution in [3.8, 4) is 0 Å². The number of alkyl halides is 3. The van der Waals surface area contributed by atoms with E-state index in [0.29, 0.717) is 25.9 Å². The topological polar surface area (TPSA) is 15.3 Å². The number of rotatable bonds is 5. The zero-order valence-electron chi connectivity index (χ0n) is 12.3. The van der Waals surface area contributed by atoms with Gasteiger partial charge in [-0.25, -0.2) is 4.39 Å². The Morgan fingerprint density at radius 1 is 1.27 bits per heavy atom. The maximum atomic E-state index is 14.4. The Bertz CT molecular complexity index is 507. The van der Waals surface area contributed by atoms with Gasteiger partial charge in [0.15, 0.2) is 0 Å². The minimum Gasteiger partial charge on any atom is -0.314 e. The average molecular weight is 316 g/mol. The molecule has 1 aromatic carbocycles. The summed E-state index contributed by atoms with van der Waals surface area (Å²) < 4.78 is 53.1. The minimum atomic E-state index is -4.67. The summed E-state index contributed by atoms with van der Waals surface area (Å²) in [6.45, 7) is 6.54. The first kappa shape index (κ1) is 17.0. The van der Waals surface area contributed by atoms with Crippen LogP contribution in [-0.2, 0) is 6.18 Å². The van der Waals surface area contributed by atoms with Crippen LogP contribution in [0.3, 0.4) is 0 Å². The predicted octanol–water partition coefficient (Wildman–Crippen LogP) is 3.76. The van der Waals surface area contributed by atoms with Crippen LogP contribution < -0.4 is 5.32 Å². The van der Waals surface area contributed by atoms with Gasteiger partial charge in [0.1, 0.15) is 5.82 Å². The summed E-state index contributed by atoms with van der Waals surface area (Å²) in [4.78, 5) is 2.04. The van der Waals surface area contributed by atoms with Gasteiger partial charge >= 0.3 is 6.18 Å². The van der Waals surface area contributed by atoms with Gasteiger partial charge in [-0.1, -0.05) is 18.2 Å². The highest BCUT2D eigenvalue weighted by atomic mass is 19.4. The molecule has 0 bridgehead atoms. The number of hydrogen-bond acceptors (Lipinski definition) is 2. The number of piperazine rings is 1. The molecule has 1 aliphatic rings. The fraction of sp³-hybridized carbons (Fsp3) is 0.500. The van der Waals surface area contributed by atoms with E-state index in [1.807, 2.05) is 4.90 Å². The predicted molar refractivity (Wildman–Crippen MR) is 78.0 cm³/mol. The fourth-order valence-corrected chi connectivity index (χ4v) is 2.83. The van der Waals surface area contributed by atoms with E-state index in [2.05, 4.69) is 11.9 Å². The van der Waals surface area contributed by atoms with Gasteiger partial charge in [-0.15, -0.1) is 6.58 Å². The summed E-state index contributed by atoms with van der Waals surface area (Å²) in [5.74, 6) is -1.15. The zero-order chi connectivity index (χ0) is 16.2. The molecular formula is C16H20F4N2. The lowest BCUT2D eigenvalue weighted by molar-refractivity contribution is -0.140. The van der Waals surface area contributed by atoms with E-state index >= 15 is 0 Å². The first-order valence-electron chi connectivity index (χ1n) is 7.36. The molecule has 22 heavy (non-hydrogen) atoms. The second-order valence-electron chi connectivity index (χ2n) is 5.37. The molecule has 1 N–H and O–H groups in total. The molecule has 0 saturated carbocycles. The van der Waals surface area contributed by atoms with Crippen molar-refractivity contribution in [1.29, 1.82) is 0 Å². The van der Waals surface area contributed by atoms with Crippen LogP contribution in [0.1, 0.15) is 30.0 Å². The molecule has 1 saturated heterocycles. The molecule has 0 spiro atoms. The molecule has 1 fully saturated rings. The Labute approximate surface area is 127 Å². The molecule has 0 aliphatic carbocycles. The first-order valence-corrected chi connectivity index (χ1v) is 7.36. The molecule has 2 rings (SSSR count). The van der Waals surface area contributed by atoms with Crippen LogP contribution in [0.4, 0.5) is 17.6 Å². The summed E-state index contributed by atoms with van der Waals surface area (Å²) in [7, 11) is 0. The van der Waals surface area contributed by atoms with Crippen LogP contribution >= 0.6 is 0 Å². The fourth-order valence-electron chi connectivity index (χ4n) is 2.83. The lowest BCUT2D eigenvalue weighted by Crippen LogP contribution is -2.45. The van der Waals surface area contributed by atoms with Gasteiger partial charge in [-0.05, 0) is 18.9 Å². The molecular weight excluding hydrogens is 296 g/mol. The maximum Gasteiger partial charge on any atom is 0.419 e. The smallest absolute Gasteiger partial charge is 0.314 e. The van der Waals surface area contributed by atoms with E-state index in [0.717, 1.165) is 19.2 Å². The molecule has 0 radical (unpaired) electrons. The largest absolute Gasteiger partial charge is 0.419 e. The minimum absolute atomic E-state index is 0.124. The van der Waals surface area contributed by atoms with Crippen LogP contribution in [0.25, 0.3) is 0 Å². The molecule has 1 heterocycles. The van der Waals surface area contributed by atoms with E-state index in [-0.39, 0.29) is 11.6 Å². The highest BCUT2D eigenvalue weighted by molar-refractivity contribution is 5.30. The normalized spacial score (nSPS) is 18.2. The summed E-state index contributed by atoms with van der Waals surface area (Å²) in [6.07, 6.45) is -1.78. The number of nitrogens with zero attached hydrogens (tertiary/aromatic N) is 1. The van der Waals surface area contributed by atoms with Gasteiger partial charge in [-0.2, -0.15) is 13.2 Å². The van der Waals surface area contributed by atoms with Gasteiger partial charge in [0.2, 0.25) is 0 Å². The Kier molecular flexibility index (Phi) is 5.58. The molecule has 122 valence electrons. The second kappa shape index (κ2) is 7.24. The lowest BCUT2D eigenvalue weighted by Gasteiger charge is -2.35. The molecule has 2 nitrogen and oxygen atoms in total. The van der Waals surface area contributed by atoms with Gasteiger partial charge in [0, 0.05) is 37.8 Å². The van der Waals surface area contributed by atoms with E-state index in [4.69, 9.17) is 0 Å². The zero-order valence-corrected chi connectivity index (χ0v) is 12.3. The van der Waals surface area contributed by atoms with Crippen LogP contribution in [0, 0.1) is 5.82 Å². The van der Waals surface area contributed by atoms with Crippen molar-refractivity contribution in [2.24, 2.45) is 0 Å². The summed E-state index contributed by atoms with van der Waals surface area (Å²) >= 11 is 0. The number of allylic oxidation sites excluding steroid dienone is 1. The van der Waals surface area contributed by atoms with E-state index in [9.17, 15) is 17.6 Å². The summed E-state index contributed by atoms with van der Waals surface area (Å²) in [6, 6.07) is 3.17. The third kappa shape index (κ3) is 3.87. The number of benzene rings is 1. The highest BCUT2D eigenvalue weighted by Gasteiger charge is 2.36. The van der Waals surface area contributed by atoms with E-state index in [1.165, 1.54) is 12.1 Å². The molecule has 0 amide bonds. The molecule has 1 aromatic rings. The molecule has 0 unspecified atom stereocenters. The van der Waals surface area contributed by atoms with Crippen molar-refractivity contribution in [2.75, 3.05) is 26.2 Å². The molecule has 0 aromatic heterocycles. The molecule has 1 atom stereocenters. The third-order valence-corrected chi connectivity index (χ3v) is 3.93. The van der Waals surface area contributed by atoms with Crippen molar-refractivity contribution in [2.45, 2.75) is 25.1 Å². The number of hydrogen-bond donors (Lipinski definition) is 1. The number of halogens is 4. The average Bonchev–Trinajstić information content (AvgIpc) is 2.49. The van der Waals surface area contributed by atoms with Crippen LogP contribution in [0.15, 0.2) is 30.9 Å². The monoisotopic (exact) mass is 316 g/mol. The first-order chi connectivity index (χ1) is 10.4. The Hall–Kier alpha value is -1.40. The number of nitrogens with one attached hydrogen (secondary N) is 1. The van der Waals surface area contributed by atoms with Crippen LogP contribution in [0.2, 0.25) is 0 Å². The van der Waals surface area contributed by atoms with Crippen molar-refractivity contribution in [3.05, 3.63) is 47.8 Å². The summed E-state index contributed by atoms with van der Waals surface area (Å²) in [5, 5.41) is 3.19. The Balaban J connectivity index is 2.36. The quantitative estimate of drug-likeness (QED) is 0.657. The van der Waals surface area contributed by atoms with Crippen LogP contribution in [0.5, 0.6) is 0 Å². The van der Waals surface area contributed by atoms with Crippen molar-refractivity contribution >= 4 is 0 Å². The Morgan fingerprint density at radius 2 is 1.95 bits per heavy atom. The van der Waals surface area contributed by atoms with Crippen LogP contribution in [-0.4, -0.2) is 31.1 Å². The van der Waals surface area contributed by atoms with E-state index < -0.39 is 17.6 Å². The van der Waals surface area contributed by atoms with Gasteiger partial charge < -0.3 is 5.32 Å². The molecule has 6 heteroatoms. The SMILES string of the molecule is C=CCC[C@H](c1cccc(C(F)(F)F)c1F)N1CCNCC1. The van der Waals surface area contributed by atoms with Gasteiger partial charge in [0.05, 0.1) is 5.56 Å². The van der Waals surface area contributed by atoms with E-state index in [1.54, 1.807) is 6.08 Å². The standard InChI is InChI=1S/C16H20F4N2/c1-2-3-7-14(22-10-8-21-9-11-22)12-5-4-6-13(15(12)17)16(18,19)20/h2,4-6,14,21H,1,3,7-11H2/t14-/m1/s1. The maximum absolute atomic E-state index is 14.4. The Morgan fingerprint density at radius 3 is 2.55 bits per heavy atom. The van der Waals surface area contributed by atoms with Gasteiger partial charge in [-0.3, -0.25) is 4.90 Å². The second-order valence-corrected chi connectivity index (χ2v) is 5.37. The van der Waals surface area contributed by atoms with Crippen molar-refractivity contribution < 1.29 is 17.6 Å². The van der Waals surface area contributed by atoms with Crippen molar-refractivity contribution in [3.63, 3.8) is 0 Å². The highest BCUT2D eigenvalue weighted by Crippen LogP contribution is 2.36. The summed E-state index contributed by atoms with van der Waals surface area (Å²) in [5.41, 5.74) is -1.07. The lowest BCUT2D eigenvalue weighted by atomic mass is 9.96. The third-order valence-electron chi connectivity index (χ3n) is 3.93. The molecule has 1 aliphatic heterocycles. The van der Waals surface area contributed by atoms with Crippen molar-refractivity contribution in [1.82, 2.24) is 10.2 Å².